The maximum Gasteiger partial charge on any atom is 0.312 e. The molecule has 1 atom stereocenters. The van der Waals surface area contributed by atoms with Gasteiger partial charge in [-0.1, -0.05) is 12.1 Å². The number of nitrogens with zero attached hydrogens (tertiary/aromatic N) is 1. The molecule has 0 spiro atoms. The van der Waals surface area contributed by atoms with E-state index in [9.17, 15) is 9.59 Å². The minimum Gasteiger partial charge on any atom is -0.352 e. The highest BCUT2D eigenvalue weighted by atomic mass is 32.1. The van der Waals surface area contributed by atoms with Crippen molar-refractivity contribution in [3.05, 3.63) is 71.2 Å². The molecule has 0 aliphatic heterocycles. The van der Waals surface area contributed by atoms with Crippen LogP contribution in [-0.4, -0.2) is 16.5 Å². The molecule has 0 radical (unpaired) electrons. The zero-order chi connectivity index (χ0) is 17.6. The van der Waals surface area contributed by atoms with Crippen LogP contribution >= 0.6 is 11.3 Å². The second kappa shape index (κ2) is 7.67. The number of primary amides is 1. The molecule has 1 unspecified atom stereocenters. The molecule has 3 rings (SSSR count). The second-order valence-electron chi connectivity index (χ2n) is 5.47. The Morgan fingerprint density at radius 1 is 1.12 bits per heavy atom. The van der Waals surface area contributed by atoms with Crippen LogP contribution in [0.5, 0.6) is 0 Å². The van der Waals surface area contributed by atoms with E-state index >= 15 is 0 Å². The van der Waals surface area contributed by atoms with Gasteiger partial charge in [0.2, 0.25) is 5.91 Å². The lowest BCUT2D eigenvalue weighted by molar-refractivity contribution is -0.116. The number of nitrogens with one attached hydrogen (secondary N) is 2. The number of hydrogen-bond acceptors (Lipinski definition) is 3. The predicted molar refractivity (Wildman–Crippen MR) is 98.8 cm³/mol. The number of benzene rings is 1. The molecule has 25 heavy (non-hydrogen) atoms. The summed E-state index contributed by atoms with van der Waals surface area (Å²) in [6.07, 6.45) is 3.98. The van der Waals surface area contributed by atoms with E-state index in [4.69, 9.17) is 5.73 Å². The van der Waals surface area contributed by atoms with Gasteiger partial charge in [0.1, 0.15) is 0 Å². The Balaban J connectivity index is 1.69. The van der Waals surface area contributed by atoms with Crippen LogP contribution in [0.1, 0.15) is 17.3 Å². The van der Waals surface area contributed by atoms with Crippen LogP contribution in [0.15, 0.2) is 66.3 Å². The summed E-state index contributed by atoms with van der Waals surface area (Å²) in [5.74, 6) is -0.197. The van der Waals surface area contributed by atoms with Crippen LogP contribution in [-0.2, 0) is 4.79 Å². The van der Waals surface area contributed by atoms with Crippen molar-refractivity contribution in [1.82, 2.24) is 9.88 Å². The molecule has 0 saturated heterocycles. The van der Waals surface area contributed by atoms with Gasteiger partial charge >= 0.3 is 6.03 Å². The molecule has 0 aliphatic rings. The lowest BCUT2D eigenvalue weighted by atomic mass is 10.1. The number of aromatic nitrogens is 1. The summed E-state index contributed by atoms with van der Waals surface area (Å²) < 4.78 is 1.96. The van der Waals surface area contributed by atoms with Gasteiger partial charge in [0, 0.05) is 28.6 Å². The van der Waals surface area contributed by atoms with Crippen molar-refractivity contribution in [3.63, 3.8) is 0 Å². The van der Waals surface area contributed by atoms with E-state index in [2.05, 4.69) is 10.6 Å². The fourth-order valence-electron chi connectivity index (χ4n) is 2.53. The van der Waals surface area contributed by atoms with Gasteiger partial charge in [0.15, 0.2) is 0 Å². The molecule has 6 nitrogen and oxygen atoms in total. The largest absolute Gasteiger partial charge is 0.352 e. The maximum absolute atomic E-state index is 12.4. The molecule has 0 bridgehead atoms. The molecule has 1 aromatic carbocycles. The van der Waals surface area contributed by atoms with Crippen molar-refractivity contribution in [1.29, 1.82) is 0 Å². The quantitative estimate of drug-likeness (QED) is 0.634. The van der Waals surface area contributed by atoms with Gasteiger partial charge in [0.05, 0.1) is 12.5 Å². The molecule has 128 valence electrons. The Kier molecular flexibility index (Phi) is 5.15. The summed E-state index contributed by atoms with van der Waals surface area (Å²) in [7, 11) is 0. The van der Waals surface area contributed by atoms with Crippen molar-refractivity contribution < 1.29 is 9.59 Å². The van der Waals surface area contributed by atoms with Crippen molar-refractivity contribution in [3.8, 4) is 5.69 Å². The van der Waals surface area contributed by atoms with Crippen molar-refractivity contribution >= 4 is 29.0 Å². The maximum atomic E-state index is 12.4. The van der Waals surface area contributed by atoms with E-state index in [1.165, 1.54) is 11.3 Å². The van der Waals surface area contributed by atoms with Crippen molar-refractivity contribution in [2.75, 3.05) is 5.32 Å². The highest BCUT2D eigenvalue weighted by molar-refractivity contribution is 7.10. The summed E-state index contributed by atoms with van der Waals surface area (Å²) in [6.45, 7) is 0. The summed E-state index contributed by atoms with van der Waals surface area (Å²) in [4.78, 5) is 24.5. The summed E-state index contributed by atoms with van der Waals surface area (Å²) in [6, 6.07) is 14.1. The first kappa shape index (κ1) is 16.8. The van der Waals surface area contributed by atoms with Crippen LogP contribution in [0.4, 0.5) is 10.5 Å². The molecule has 0 aliphatic carbocycles. The molecular weight excluding hydrogens is 336 g/mol. The van der Waals surface area contributed by atoms with E-state index in [0.29, 0.717) is 5.69 Å². The first-order valence-corrected chi connectivity index (χ1v) is 8.62. The van der Waals surface area contributed by atoms with E-state index in [1.807, 2.05) is 70.9 Å². The number of amides is 3. The summed E-state index contributed by atoms with van der Waals surface area (Å²) in [5.41, 5.74) is 6.87. The predicted octanol–water partition coefficient (Wildman–Crippen LogP) is 3.28. The van der Waals surface area contributed by atoms with Gasteiger partial charge in [-0.25, -0.2) is 4.79 Å². The molecule has 0 fully saturated rings. The fourth-order valence-corrected chi connectivity index (χ4v) is 3.31. The topological polar surface area (TPSA) is 89.2 Å². The number of thiophene rings is 1. The zero-order valence-corrected chi connectivity index (χ0v) is 14.2. The smallest absolute Gasteiger partial charge is 0.312 e. The first-order valence-electron chi connectivity index (χ1n) is 7.74. The zero-order valence-electron chi connectivity index (χ0n) is 13.4. The van der Waals surface area contributed by atoms with Crippen molar-refractivity contribution in [2.45, 2.75) is 12.5 Å². The number of carbonyl (C=O) groups is 2. The molecular formula is C18H18N4O2S. The number of nitrogens with two attached hydrogens (primary N) is 1. The van der Waals surface area contributed by atoms with Crippen LogP contribution in [0, 0.1) is 0 Å². The Bertz CT molecular complexity index is 844. The second-order valence-corrected chi connectivity index (χ2v) is 6.45. The van der Waals surface area contributed by atoms with Crippen LogP contribution in [0.25, 0.3) is 5.69 Å². The van der Waals surface area contributed by atoms with E-state index < -0.39 is 12.1 Å². The fraction of sp³-hybridized carbons (Fsp3) is 0.111. The van der Waals surface area contributed by atoms with E-state index in [1.54, 1.807) is 0 Å². The Morgan fingerprint density at radius 2 is 1.92 bits per heavy atom. The van der Waals surface area contributed by atoms with Gasteiger partial charge < -0.3 is 20.9 Å². The van der Waals surface area contributed by atoms with Gasteiger partial charge in [0.25, 0.3) is 0 Å². The summed E-state index contributed by atoms with van der Waals surface area (Å²) >= 11 is 1.47. The van der Waals surface area contributed by atoms with Gasteiger partial charge in [-0.15, -0.1) is 11.3 Å². The van der Waals surface area contributed by atoms with Gasteiger partial charge in [-0.2, -0.15) is 0 Å². The molecule has 3 aromatic rings. The molecule has 2 aromatic heterocycles. The Labute approximate surface area is 149 Å². The average Bonchev–Trinajstić information content (AvgIpc) is 3.28. The third-order valence-corrected chi connectivity index (χ3v) is 4.61. The standard InChI is InChI=1S/C18H18N4O2S/c19-18(24)21-15(16-7-4-10-25-16)12-17(23)20-13-5-3-6-14(11-13)22-8-1-2-9-22/h1-11,15H,12H2,(H,20,23)(H3,19,21,24). The van der Waals surface area contributed by atoms with Gasteiger partial charge in [-0.3, -0.25) is 4.79 Å². The molecule has 7 heteroatoms. The lowest BCUT2D eigenvalue weighted by Crippen LogP contribution is -2.34. The number of anilines is 1. The number of hydrogen-bond donors (Lipinski definition) is 3. The highest BCUT2D eigenvalue weighted by Gasteiger charge is 2.18. The van der Waals surface area contributed by atoms with Crippen molar-refractivity contribution in [2.24, 2.45) is 5.73 Å². The van der Waals surface area contributed by atoms with E-state index in [-0.39, 0.29) is 12.3 Å². The highest BCUT2D eigenvalue weighted by Crippen LogP contribution is 2.23. The molecule has 3 amide bonds. The Hall–Kier alpha value is -3.06. The minimum atomic E-state index is -0.652. The third-order valence-electron chi connectivity index (χ3n) is 3.63. The van der Waals surface area contributed by atoms with Gasteiger partial charge in [-0.05, 0) is 41.8 Å². The van der Waals surface area contributed by atoms with E-state index in [0.717, 1.165) is 10.6 Å². The Morgan fingerprint density at radius 3 is 2.60 bits per heavy atom. The molecule has 0 saturated carbocycles. The third kappa shape index (κ3) is 4.48. The molecule has 4 N–H and O–H groups in total. The lowest BCUT2D eigenvalue weighted by Gasteiger charge is -2.16. The number of carbonyl (C=O) groups excluding carboxylic acids is 2. The SMILES string of the molecule is NC(=O)NC(CC(=O)Nc1cccc(-n2cccc2)c1)c1cccs1. The first-order chi connectivity index (χ1) is 12.1. The monoisotopic (exact) mass is 354 g/mol. The average molecular weight is 354 g/mol. The number of urea groups is 1. The van der Waals surface area contributed by atoms with Crippen LogP contribution in [0.3, 0.4) is 0 Å². The minimum absolute atomic E-state index is 0.108. The normalized spacial score (nSPS) is 11.7. The summed E-state index contributed by atoms with van der Waals surface area (Å²) in [5, 5.41) is 7.38. The van der Waals surface area contributed by atoms with Crippen LogP contribution in [0.2, 0.25) is 0 Å². The molecule has 2 heterocycles. The number of rotatable bonds is 6. The van der Waals surface area contributed by atoms with Crippen LogP contribution < -0.4 is 16.4 Å².